The van der Waals surface area contributed by atoms with Crippen LogP contribution in [0.5, 0.6) is 0 Å². The SMILES string of the molecule is CC1CCc2ccc3c(c2N1)NC(C)CC3. The van der Waals surface area contributed by atoms with Crippen molar-refractivity contribution in [3.8, 4) is 0 Å². The lowest BCUT2D eigenvalue weighted by Crippen LogP contribution is -2.27. The van der Waals surface area contributed by atoms with Crippen molar-refractivity contribution in [1.29, 1.82) is 0 Å². The zero-order valence-electron chi connectivity index (χ0n) is 10.1. The van der Waals surface area contributed by atoms with Crippen LogP contribution in [0.1, 0.15) is 37.8 Å². The molecule has 0 bridgehead atoms. The first kappa shape index (κ1) is 10.0. The molecule has 2 aliphatic rings. The molecule has 1 aromatic carbocycles. The highest BCUT2D eigenvalue weighted by atomic mass is 15.0. The molecule has 2 N–H and O–H groups in total. The largest absolute Gasteiger partial charge is 0.381 e. The maximum atomic E-state index is 3.65. The molecule has 1 aromatic rings. The predicted octanol–water partition coefficient (Wildman–Crippen LogP) is 3.18. The fraction of sp³-hybridized carbons (Fsp3) is 0.571. The van der Waals surface area contributed by atoms with Crippen LogP contribution in [-0.2, 0) is 12.8 Å². The van der Waals surface area contributed by atoms with Gasteiger partial charge in [0.1, 0.15) is 0 Å². The maximum absolute atomic E-state index is 3.65. The average Bonchev–Trinajstić information content (AvgIpc) is 2.29. The summed E-state index contributed by atoms with van der Waals surface area (Å²) >= 11 is 0. The molecule has 0 spiro atoms. The highest BCUT2D eigenvalue weighted by Gasteiger charge is 2.23. The Morgan fingerprint density at radius 3 is 1.75 bits per heavy atom. The van der Waals surface area contributed by atoms with Gasteiger partial charge in [-0.3, -0.25) is 0 Å². The fourth-order valence-electron chi connectivity index (χ4n) is 2.82. The van der Waals surface area contributed by atoms with Crippen LogP contribution in [0, 0.1) is 0 Å². The number of benzene rings is 1. The number of aryl methyl sites for hydroxylation is 2. The summed E-state index contributed by atoms with van der Waals surface area (Å²) in [5.74, 6) is 0. The molecule has 2 aliphatic heterocycles. The molecule has 2 unspecified atom stereocenters. The van der Waals surface area contributed by atoms with Gasteiger partial charge in [0.25, 0.3) is 0 Å². The van der Waals surface area contributed by atoms with Gasteiger partial charge in [0, 0.05) is 12.1 Å². The van der Waals surface area contributed by atoms with Gasteiger partial charge in [-0.1, -0.05) is 12.1 Å². The summed E-state index contributed by atoms with van der Waals surface area (Å²) in [5, 5.41) is 7.29. The molecule has 2 nitrogen and oxygen atoms in total. The minimum absolute atomic E-state index is 0.609. The number of hydrogen-bond acceptors (Lipinski definition) is 2. The summed E-state index contributed by atoms with van der Waals surface area (Å²) in [7, 11) is 0. The van der Waals surface area contributed by atoms with E-state index in [0.717, 1.165) is 0 Å². The van der Waals surface area contributed by atoms with Crippen LogP contribution >= 0.6 is 0 Å². The lowest BCUT2D eigenvalue weighted by Gasteiger charge is -2.32. The molecule has 2 atom stereocenters. The zero-order chi connectivity index (χ0) is 11.1. The Morgan fingerprint density at radius 2 is 1.31 bits per heavy atom. The van der Waals surface area contributed by atoms with Crippen molar-refractivity contribution in [1.82, 2.24) is 0 Å². The Hall–Kier alpha value is -1.18. The van der Waals surface area contributed by atoms with Gasteiger partial charge in [-0.05, 0) is 50.7 Å². The molecule has 2 heterocycles. The van der Waals surface area contributed by atoms with Gasteiger partial charge in [-0.15, -0.1) is 0 Å². The topological polar surface area (TPSA) is 24.1 Å². The molecule has 3 rings (SSSR count). The Labute approximate surface area is 97.4 Å². The molecule has 2 heteroatoms. The summed E-state index contributed by atoms with van der Waals surface area (Å²) < 4.78 is 0. The van der Waals surface area contributed by atoms with E-state index < -0.39 is 0 Å². The first-order chi connectivity index (χ1) is 7.74. The van der Waals surface area contributed by atoms with Gasteiger partial charge in [-0.2, -0.15) is 0 Å². The molecular formula is C14H20N2. The minimum Gasteiger partial charge on any atom is -0.381 e. The normalized spacial score (nSPS) is 27.4. The van der Waals surface area contributed by atoms with Crippen molar-refractivity contribution in [2.45, 2.75) is 51.6 Å². The quantitative estimate of drug-likeness (QED) is 0.696. The van der Waals surface area contributed by atoms with E-state index in [1.165, 1.54) is 48.2 Å². The fourth-order valence-corrected chi connectivity index (χ4v) is 2.82. The van der Waals surface area contributed by atoms with Crippen molar-refractivity contribution >= 4 is 11.4 Å². The highest BCUT2D eigenvalue weighted by molar-refractivity contribution is 5.78. The monoisotopic (exact) mass is 216 g/mol. The van der Waals surface area contributed by atoms with E-state index in [9.17, 15) is 0 Å². The van der Waals surface area contributed by atoms with E-state index in [1.54, 1.807) is 0 Å². The van der Waals surface area contributed by atoms with Crippen molar-refractivity contribution < 1.29 is 0 Å². The molecular weight excluding hydrogens is 196 g/mol. The van der Waals surface area contributed by atoms with Gasteiger partial charge in [-0.25, -0.2) is 0 Å². The Morgan fingerprint density at radius 1 is 0.875 bits per heavy atom. The Kier molecular flexibility index (Phi) is 2.31. The van der Waals surface area contributed by atoms with Crippen molar-refractivity contribution in [2.75, 3.05) is 10.6 Å². The standard InChI is InChI=1S/C14H20N2/c1-9-3-5-11-7-8-12-6-4-10(2)16-14(12)13(11)15-9/h7-10,15-16H,3-6H2,1-2H3. The second kappa shape index (κ2) is 3.69. The first-order valence-electron chi connectivity index (χ1n) is 6.42. The van der Waals surface area contributed by atoms with Crippen LogP contribution in [0.3, 0.4) is 0 Å². The summed E-state index contributed by atoms with van der Waals surface area (Å²) in [4.78, 5) is 0. The van der Waals surface area contributed by atoms with Crippen molar-refractivity contribution in [2.24, 2.45) is 0 Å². The smallest absolute Gasteiger partial charge is 0.0613 e. The third-order valence-electron chi connectivity index (χ3n) is 3.85. The third-order valence-corrected chi connectivity index (χ3v) is 3.85. The van der Waals surface area contributed by atoms with Crippen molar-refractivity contribution in [3.63, 3.8) is 0 Å². The Balaban J connectivity index is 2.06. The van der Waals surface area contributed by atoms with Gasteiger partial charge in [0.2, 0.25) is 0 Å². The summed E-state index contributed by atoms with van der Waals surface area (Å²) in [6.07, 6.45) is 4.93. The van der Waals surface area contributed by atoms with E-state index in [4.69, 9.17) is 0 Å². The molecule has 0 saturated carbocycles. The molecule has 86 valence electrons. The molecule has 0 aliphatic carbocycles. The summed E-state index contributed by atoms with van der Waals surface area (Å²) in [6.45, 7) is 4.54. The van der Waals surface area contributed by atoms with E-state index in [2.05, 4.69) is 36.6 Å². The highest BCUT2D eigenvalue weighted by Crippen LogP contribution is 2.38. The van der Waals surface area contributed by atoms with Gasteiger partial charge >= 0.3 is 0 Å². The lowest BCUT2D eigenvalue weighted by atomic mass is 9.91. The molecule has 0 fully saturated rings. The number of fused-ring (bicyclic) bond motifs is 3. The average molecular weight is 216 g/mol. The zero-order valence-corrected chi connectivity index (χ0v) is 10.1. The van der Waals surface area contributed by atoms with Crippen LogP contribution in [-0.4, -0.2) is 12.1 Å². The lowest BCUT2D eigenvalue weighted by molar-refractivity contribution is 0.662. The van der Waals surface area contributed by atoms with Gasteiger partial charge in [0.15, 0.2) is 0 Å². The van der Waals surface area contributed by atoms with Gasteiger partial charge in [0.05, 0.1) is 11.4 Å². The molecule has 0 amide bonds. The van der Waals surface area contributed by atoms with E-state index in [1.807, 2.05) is 0 Å². The minimum atomic E-state index is 0.609. The van der Waals surface area contributed by atoms with Crippen LogP contribution in [0.2, 0.25) is 0 Å². The molecule has 0 saturated heterocycles. The van der Waals surface area contributed by atoms with E-state index in [-0.39, 0.29) is 0 Å². The Bertz CT molecular complexity index is 372. The second-order valence-electron chi connectivity index (χ2n) is 5.30. The number of nitrogens with one attached hydrogen (secondary N) is 2. The maximum Gasteiger partial charge on any atom is 0.0613 e. The van der Waals surface area contributed by atoms with E-state index >= 15 is 0 Å². The van der Waals surface area contributed by atoms with E-state index in [0.29, 0.717) is 12.1 Å². The molecule has 0 aromatic heterocycles. The predicted molar refractivity (Wildman–Crippen MR) is 69.3 cm³/mol. The van der Waals surface area contributed by atoms with Crippen LogP contribution in [0.15, 0.2) is 12.1 Å². The van der Waals surface area contributed by atoms with Crippen LogP contribution in [0.25, 0.3) is 0 Å². The number of anilines is 2. The van der Waals surface area contributed by atoms with Gasteiger partial charge < -0.3 is 10.6 Å². The molecule has 0 radical (unpaired) electrons. The summed E-state index contributed by atoms with van der Waals surface area (Å²) in [6, 6.07) is 5.84. The first-order valence-corrected chi connectivity index (χ1v) is 6.42. The van der Waals surface area contributed by atoms with Crippen LogP contribution < -0.4 is 10.6 Å². The number of hydrogen-bond donors (Lipinski definition) is 2. The molecule has 16 heavy (non-hydrogen) atoms. The van der Waals surface area contributed by atoms with Crippen LogP contribution in [0.4, 0.5) is 11.4 Å². The third kappa shape index (κ3) is 1.57. The van der Waals surface area contributed by atoms with Crippen molar-refractivity contribution in [3.05, 3.63) is 23.3 Å². The number of rotatable bonds is 0. The summed E-state index contributed by atoms with van der Waals surface area (Å²) in [5.41, 5.74) is 5.72. The second-order valence-corrected chi connectivity index (χ2v) is 5.30.